The second-order valence-corrected chi connectivity index (χ2v) is 11.2. The summed E-state index contributed by atoms with van der Waals surface area (Å²) in [5.74, 6) is 0.289. The number of H-pyrrole nitrogens is 2. The van der Waals surface area contributed by atoms with Crippen molar-refractivity contribution >= 4 is 55.8 Å². The van der Waals surface area contributed by atoms with Crippen LogP contribution in [0.25, 0.3) is 20.7 Å². The molecular formula is C22H27K2N7O13S2. The van der Waals surface area contributed by atoms with E-state index in [0.29, 0.717) is 5.82 Å². The number of anilines is 1. The number of aliphatic hydroxyl groups is 4. The van der Waals surface area contributed by atoms with Gasteiger partial charge in [0.25, 0.3) is 17.6 Å². The fourth-order valence-electron chi connectivity index (χ4n) is 4.57. The maximum atomic E-state index is 12.1. The number of aliphatic hydroxyl groups excluding tert-OH is 4. The Labute approximate surface area is 350 Å². The van der Waals surface area contributed by atoms with Crippen LogP contribution in [0.3, 0.4) is 0 Å². The number of hydrogen-bond acceptors (Lipinski definition) is 18. The second kappa shape index (κ2) is 18.4. The molecule has 6 heterocycles. The topological polar surface area (TPSA) is 310 Å². The minimum Gasteiger partial charge on any atom is -1.00 e. The number of nitrogen functional groups attached to an aromatic ring is 1. The van der Waals surface area contributed by atoms with E-state index in [1.54, 1.807) is 6.92 Å². The van der Waals surface area contributed by atoms with Crippen molar-refractivity contribution in [3.05, 3.63) is 45.9 Å². The number of aromatic amines is 2. The normalized spacial score (nSPS) is 23.4. The number of rotatable bonds is 5. The number of aryl methyl sites for hydroxylation is 1. The van der Waals surface area contributed by atoms with Crippen molar-refractivity contribution in [3.8, 4) is 0 Å². The number of nitrogens with two attached hydrogens (primary N) is 1. The molecule has 46 heavy (non-hydrogen) atoms. The van der Waals surface area contributed by atoms with Gasteiger partial charge in [0.05, 0.1) is 25.4 Å². The number of thiazole rings is 2. The summed E-state index contributed by atoms with van der Waals surface area (Å²) < 4.78 is 13.7. The predicted octanol–water partition coefficient (Wildman–Crippen LogP) is -9.98. The summed E-state index contributed by atoms with van der Waals surface area (Å²) >= 11 is 1.52. The van der Waals surface area contributed by atoms with Crippen molar-refractivity contribution < 1.29 is 149 Å². The van der Waals surface area contributed by atoms with Crippen LogP contribution in [0, 0.1) is 6.92 Å². The van der Waals surface area contributed by atoms with Gasteiger partial charge in [-0.3, -0.25) is 38.1 Å². The first-order valence-corrected chi connectivity index (χ1v) is 14.2. The molecule has 0 aromatic carbocycles. The maximum absolute atomic E-state index is 12.1. The number of fused-ring (bicyclic) bond motifs is 2. The molecular weight excluding hydrogens is 713 g/mol. The number of nitrogens with zero attached hydrogens (tertiary/aromatic N) is 4. The molecule has 2 saturated heterocycles. The summed E-state index contributed by atoms with van der Waals surface area (Å²) in [6, 6.07) is 0. The molecule has 2 aliphatic rings. The molecule has 2 aliphatic heterocycles. The van der Waals surface area contributed by atoms with Crippen LogP contribution in [0.15, 0.2) is 19.2 Å². The zero-order valence-corrected chi connectivity index (χ0v) is 32.4. The molecule has 0 bridgehead atoms. The first-order chi connectivity index (χ1) is 20.9. The molecule has 0 saturated carbocycles. The summed E-state index contributed by atoms with van der Waals surface area (Å²) in [5.41, 5.74) is 4.98. The van der Waals surface area contributed by atoms with Gasteiger partial charge < -0.3 is 52.2 Å². The Balaban J connectivity index is 0.000000399. The first-order valence-electron chi connectivity index (χ1n) is 12.6. The van der Waals surface area contributed by atoms with Crippen LogP contribution in [0.2, 0.25) is 0 Å². The van der Waals surface area contributed by atoms with E-state index in [-0.39, 0.29) is 174 Å². The summed E-state index contributed by atoms with van der Waals surface area (Å²) in [7, 11) is 0. The van der Waals surface area contributed by atoms with Crippen molar-refractivity contribution in [1.29, 1.82) is 0 Å². The SMILES string of the molecule is Cc1nc2c(sc(=O)n2[C@H]2C[C@H](O)[C@@H](CO)O2)c(=O)[nH]1.Nc1nc2c(sc(=O)n2[C@H]2C[C@H](O)[C@@H](CO)O2)c(=O)[nH]1.O=CO[O-].[H-].[K+].[K+]. The monoisotopic (exact) mass is 739 g/mol. The molecule has 6 rings (SSSR count). The van der Waals surface area contributed by atoms with Crippen molar-refractivity contribution in [1.82, 2.24) is 29.1 Å². The Hall–Kier alpha value is -0.597. The van der Waals surface area contributed by atoms with Gasteiger partial charge in [0, 0.05) is 12.8 Å². The fourth-order valence-corrected chi connectivity index (χ4v) is 6.28. The molecule has 4 aromatic heterocycles. The smallest absolute Gasteiger partial charge is 1.00 e. The number of carbonyl (C=O) groups is 1. The Morgan fingerprint density at radius 2 is 1.35 bits per heavy atom. The maximum Gasteiger partial charge on any atom is 1.00 e. The van der Waals surface area contributed by atoms with Crippen molar-refractivity contribution in [2.75, 3.05) is 18.9 Å². The molecule has 2 fully saturated rings. The molecule has 6 atom stereocenters. The van der Waals surface area contributed by atoms with Crippen LogP contribution >= 0.6 is 22.7 Å². The van der Waals surface area contributed by atoms with E-state index in [1.165, 1.54) is 9.13 Å². The number of carbonyl (C=O) groups excluding carboxylic acids is 1. The van der Waals surface area contributed by atoms with E-state index in [9.17, 15) is 29.4 Å². The molecule has 20 nitrogen and oxygen atoms in total. The van der Waals surface area contributed by atoms with E-state index in [2.05, 4.69) is 24.8 Å². The van der Waals surface area contributed by atoms with Crippen LogP contribution in [-0.4, -0.2) is 93.6 Å². The van der Waals surface area contributed by atoms with Gasteiger partial charge in [-0.1, -0.05) is 22.7 Å². The second-order valence-electron chi connectivity index (χ2n) is 9.31. The van der Waals surface area contributed by atoms with E-state index < -0.39 is 47.3 Å². The molecule has 0 radical (unpaired) electrons. The molecule has 24 heteroatoms. The van der Waals surface area contributed by atoms with Gasteiger partial charge in [0.1, 0.15) is 39.9 Å². The number of nitrogens with one attached hydrogen (secondary N) is 2. The molecule has 4 aromatic rings. The molecule has 0 amide bonds. The van der Waals surface area contributed by atoms with Crippen molar-refractivity contribution in [2.45, 2.75) is 56.6 Å². The number of hydrogen-bond donors (Lipinski definition) is 7. The molecule has 0 unspecified atom stereocenters. The summed E-state index contributed by atoms with van der Waals surface area (Å²) in [6.07, 6.45) is -4.43. The Morgan fingerprint density at radius 1 is 0.935 bits per heavy atom. The van der Waals surface area contributed by atoms with Crippen LogP contribution in [0.1, 0.15) is 32.5 Å². The molecule has 8 N–H and O–H groups in total. The minimum atomic E-state index is -0.883. The number of aromatic nitrogens is 6. The molecule has 0 spiro atoms. The van der Waals surface area contributed by atoms with Crippen molar-refractivity contribution in [3.63, 3.8) is 0 Å². The number of ether oxygens (including phenoxy) is 2. The third-order valence-corrected chi connectivity index (χ3v) is 8.35. The Kier molecular flexibility index (Phi) is 16.6. The van der Waals surface area contributed by atoms with E-state index in [0.717, 1.165) is 22.7 Å². The molecule has 242 valence electrons. The van der Waals surface area contributed by atoms with Gasteiger partial charge in [-0.25, -0.2) is 4.98 Å². The fraction of sp³-hybridized carbons (Fsp3) is 0.500. The summed E-state index contributed by atoms with van der Waals surface area (Å²) in [5, 5.41) is 46.0. The summed E-state index contributed by atoms with van der Waals surface area (Å²) in [4.78, 5) is 71.0. The van der Waals surface area contributed by atoms with Crippen molar-refractivity contribution in [2.24, 2.45) is 0 Å². The molecule has 0 aliphatic carbocycles. The van der Waals surface area contributed by atoms with Gasteiger partial charge in [0.2, 0.25) is 5.95 Å². The summed E-state index contributed by atoms with van der Waals surface area (Å²) in [6.45, 7) is 0.750. The van der Waals surface area contributed by atoms with Gasteiger partial charge in [0.15, 0.2) is 11.3 Å². The van der Waals surface area contributed by atoms with Gasteiger partial charge in [-0.15, -0.1) is 0 Å². The van der Waals surface area contributed by atoms with Gasteiger partial charge in [-0.2, -0.15) is 4.98 Å². The van der Waals surface area contributed by atoms with Gasteiger partial charge in [-0.05, 0) is 6.92 Å². The average Bonchev–Trinajstić information content (AvgIpc) is 3.71. The first kappa shape index (κ1) is 41.6. The predicted molar refractivity (Wildman–Crippen MR) is 150 cm³/mol. The zero-order chi connectivity index (χ0) is 32.3. The third kappa shape index (κ3) is 9.14. The van der Waals surface area contributed by atoms with E-state index in [4.69, 9.17) is 35.5 Å². The standard InChI is InChI=1S/C11H13N3O5S.C10H12N4O5S.CH2O3.2K.H/c1-4-12-9-8(10(17)13-4)20-11(18)14(9)7-2-5(16)6(3-15)19-7;11-9-12-7-6(8(17)13-9)20-10(18)14(7)5-1-3(16)4(2-15)19-5;2-1-4-3;;;/h5-7,15-16H,2-3H2,1H3,(H,12,13,17);3-5,15-16H,1-2H2,(H3,11,12,13,17);1,3H;;;/q;;;2*+1;-1/p-1/t5-,6+,7+;3-,4+,5+;;;;/m00..../s1. The quantitative estimate of drug-likeness (QED) is 0.0433. The van der Waals surface area contributed by atoms with E-state index in [1.807, 2.05) is 0 Å². The zero-order valence-electron chi connectivity index (χ0n) is 25.5. The van der Waals surface area contributed by atoms with Crippen LogP contribution in [0.5, 0.6) is 0 Å². The Morgan fingerprint density at radius 3 is 1.74 bits per heavy atom. The minimum absolute atomic E-state index is 0. The van der Waals surface area contributed by atoms with Crippen LogP contribution in [0.4, 0.5) is 5.95 Å². The van der Waals surface area contributed by atoms with Gasteiger partial charge >= 0.3 is 113 Å². The van der Waals surface area contributed by atoms with Crippen LogP contribution < -0.4 is 135 Å². The largest absolute Gasteiger partial charge is 1.00 e. The van der Waals surface area contributed by atoms with Crippen LogP contribution in [-0.2, 0) is 19.2 Å². The van der Waals surface area contributed by atoms with E-state index >= 15 is 0 Å². The Bertz CT molecular complexity index is 1750. The third-order valence-electron chi connectivity index (χ3n) is 6.47. The average molecular weight is 740 g/mol.